The second-order valence-corrected chi connectivity index (χ2v) is 5.57. The van der Waals surface area contributed by atoms with Gasteiger partial charge in [0, 0.05) is 32.4 Å². The van der Waals surface area contributed by atoms with E-state index in [-0.39, 0.29) is 13.1 Å². The largest absolute Gasteiger partial charge is 0.387 e. The van der Waals surface area contributed by atoms with Gasteiger partial charge in [0.2, 0.25) is 0 Å². The molecule has 2 heterocycles. The van der Waals surface area contributed by atoms with Crippen molar-refractivity contribution in [3.63, 3.8) is 0 Å². The van der Waals surface area contributed by atoms with Crippen LogP contribution in [0.3, 0.4) is 0 Å². The van der Waals surface area contributed by atoms with Crippen molar-refractivity contribution in [2.24, 2.45) is 5.29 Å². The molecule has 1 aliphatic heterocycles. The molecule has 14 heteroatoms. The van der Waals surface area contributed by atoms with Crippen LogP contribution in [0.1, 0.15) is 6.23 Å². The summed E-state index contributed by atoms with van der Waals surface area (Å²) in [7, 11) is 1.14. The standard InChI is InChI=1S/C13H18N6O8/c1-18(17-26)12(24)15-4-3-14-10(23)9-7(21)8(22)11(27-9)19-5-2-6(20)16-13(19)25/h2,5,7-9,11,21-22H,3-4H2,1H3,(H,14,23)(H,15,24)(H,16,20,25)/t7-,8+,9-,11?/m0/s1. The van der Waals surface area contributed by atoms with Gasteiger partial charge >= 0.3 is 11.7 Å². The van der Waals surface area contributed by atoms with Gasteiger partial charge in [-0.05, 0) is 0 Å². The minimum absolute atomic E-state index is 0.0430. The first-order valence-electron chi connectivity index (χ1n) is 7.72. The van der Waals surface area contributed by atoms with Crippen molar-refractivity contribution in [1.29, 1.82) is 0 Å². The minimum atomic E-state index is -1.63. The summed E-state index contributed by atoms with van der Waals surface area (Å²) in [6.07, 6.45) is -5.04. The van der Waals surface area contributed by atoms with Gasteiger partial charge < -0.3 is 25.6 Å². The van der Waals surface area contributed by atoms with Crippen molar-refractivity contribution in [3.05, 3.63) is 38.0 Å². The lowest BCUT2D eigenvalue weighted by Crippen LogP contribution is -2.45. The number of aliphatic hydroxyl groups excluding tert-OH is 2. The molecule has 0 saturated carbocycles. The van der Waals surface area contributed by atoms with Crippen molar-refractivity contribution < 1.29 is 24.5 Å². The molecule has 14 nitrogen and oxygen atoms in total. The number of amides is 3. The van der Waals surface area contributed by atoms with Crippen LogP contribution in [0.15, 0.2) is 27.1 Å². The van der Waals surface area contributed by atoms with Crippen LogP contribution in [-0.4, -0.2) is 75.2 Å². The highest BCUT2D eigenvalue weighted by Gasteiger charge is 2.47. The lowest BCUT2D eigenvalue weighted by molar-refractivity contribution is -0.137. The van der Waals surface area contributed by atoms with Crippen molar-refractivity contribution in [3.8, 4) is 0 Å². The second-order valence-electron chi connectivity index (χ2n) is 5.57. The molecule has 4 atom stereocenters. The maximum atomic E-state index is 12.1. The van der Waals surface area contributed by atoms with Crippen LogP contribution >= 0.6 is 0 Å². The number of urea groups is 1. The van der Waals surface area contributed by atoms with Gasteiger partial charge in [0.25, 0.3) is 11.5 Å². The van der Waals surface area contributed by atoms with Crippen LogP contribution in [-0.2, 0) is 9.53 Å². The van der Waals surface area contributed by atoms with Crippen molar-refractivity contribution >= 4 is 11.9 Å². The van der Waals surface area contributed by atoms with E-state index in [9.17, 15) is 34.3 Å². The zero-order valence-electron chi connectivity index (χ0n) is 14.1. The molecule has 0 spiro atoms. The molecular weight excluding hydrogens is 368 g/mol. The molecule has 1 aromatic heterocycles. The van der Waals surface area contributed by atoms with E-state index in [0.717, 1.165) is 23.9 Å². The van der Waals surface area contributed by atoms with Crippen molar-refractivity contribution in [2.75, 3.05) is 20.1 Å². The van der Waals surface area contributed by atoms with E-state index >= 15 is 0 Å². The quantitative estimate of drug-likeness (QED) is 0.189. The SMILES string of the molecule is CN(N=O)C(=O)NCCNC(=O)[C@H]1OC(n2ccc(=O)[nH]c2=O)[C@H](O)[C@@H]1O. The highest BCUT2D eigenvalue weighted by molar-refractivity contribution is 5.82. The Hall–Kier alpha value is -3.10. The van der Waals surface area contributed by atoms with E-state index in [4.69, 9.17) is 4.74 Å². The first-order valence-corrected chi connectivity index (χ1v) is 7.72. The maximum Gasteiger partial charge on any atom is 0.340 e. The maximum absolute atomic E-state index is 12.1. The van der Waals surface area contributed by atoms with Crippen LogP contribution in [0, 0.1) is 4.91 Å². The fourth-order valence-electron chi connectivity index (χ4n) is 2.34. The molecule has 0 aromatic carbocycles. The molecule has 1 aromatic rings. The van der Waals surface area contributed by atoms with E-state index in [2.05, 4.69) is 15.9 Å². The van der Waals surface area contributed by atoms with E-state index in [0.29, 0.717) is 5.01 Å². The summed E-state index contributed by atoms with van der Waals surface area (Å²) >= 11 is 0. The molecule has 1 unspecified atom stereocenters. The molecule has 148 valence electrons. The Morgan fingerprint density at radius 2 is 1.96 bits per heavy atom. The highest BCUT2D eigenvalue weighted by Crippen LogP contribution is 2.28. The molecule has 0 aliphatic carbocycles. The number of rotatable bonds is 6. The number of hydrogen-bond acceptors (Lipinski definition) is 9. The molecular formula is C13H18N6O8. The summed E-state index contributed by atoms with van der Waals surface area (Å²) < 4.78 is 6.10. The zero-order chi connectivity index (χ0) is 20.1. The average molecular weight is 386 g/mol. The number of carbonyl (C=O) groups is 2. The van der Waals surface area contributed by atoms with E-state index in [1.807, 2.05) is 4.98 Å². The normalized spacial score (nSPS) is 24.3. The molecule has 0 radical (unpaired) electrons. The van der Waals surface area contributed by atoms with Gasteiger partial charge in [0.05, 0.1) is 5.29 Å². The molecule has 3 amide bonds. The lowest BCUT2D eigenvalue weighted by Gasteiger charge is -2.16. The number of nitroso groups, excluding NO2 is 1. The van der Waals surface area contributed by atoms with Gasteiger partial charge in [-0.1, -0.05) is 0 Å². The third kappa shape index (κ3) is 4.55. The molecule has 2 rings (SSSR count). The molecule has 0 bridgehead atoms. The van der Waals surface area contributed by atoms with E-state index < -0.39 is 47.7 Å². The smallest absolute Gasteiger partial charge is 0.340 e. The summed E-state index contributed by atoms with van der Waals surface area (Å²) in [5.74, 6) is -0.794. The average Bonchev–Trinajstić information content (AvgIpc) is 2.93. The Balaban J connectivity index is 1.93. The Bertz CT molecular complexity index is 822. The minimum Gasteiger partial charge on any atom is -0.387 e. The van der Waals surface area contributed by atoms with Crippen LogP contribution in [0.25, 0.3) is 0 Å². The van der Waals surface area contributed by atoms with Gasteiger partial charge in [-0.3, -0.25) is 19.1 Å². The monoisotopic (exact) mass is 386 g/mol. The number of nitrogens with one attached hydrogen (secondary N) is 3. The van der Waals surface area contributed by atoms with Gasteiger partial charge in [-0.2, -0.15) is 5.01 Å². The summed E-state index contributed by atoms with van der Waals surface area (Å²) in [6.45, 7) is -0.109. The fourth-order valence-corrected chi connectivity index (χ4v) is 2.34. The number of aromatic amines is 1. The molecule has 5 N–H and O–H groups in total. The first kappa shape index (κ1) is 20.2. The topological polar surface area (TPSA) is 195 Å². The van der Waals surface area contributed by atoms with Gasteiger partial charge in [-0.25, -0.2) is 9.59 Å². The van der Waals surface area contributed by atoms with Crippen LogP contribution in [0.2, 0.25) is 0 Å². The summed E-state index contributed by atoms with van der Waals surface area (Å²) in [4.78, 5) is 58.4. The number of aliphatic hydroxyl groups is 2. The Labute approximate surface area is 150 Å². The van der Waals surface area contributed by atoms with Gasteiger partial charge in [0.15, 0.2) is 12.3 Å². The molecule has 27 heavy (non-hydrogen) atoms. The zero-order valence-corrected chi connectivity index (χ0v) is 14.1. The van der Waals surface area contributed by atoms with Crippen LogP contribution < -0.4 is 21.9 Å². The lowest BCUT2D eigenvalue weighted by atomic mass is 10.1. The van der Waals surface area contributed by atoms with E-state index in [1.165, 1.54) is 0 Å². The molecule has 1 saturated heterocycles. The number of H-pyrrole nitrogens is 1. The number of nitrogens with zero attached hydrogens (tertiary/aromatic N) is 3. The predicted octanol–water partition coefficient (Wildman–Crippen LogP) is -3.41. The Morgan fingerprint density at radius 1 is 1.30 bits per heavy atom. The Kier molecular flexibility index (Phi) is 6.38. The van der Waals surface area contributed by atoms with E-state index in [1.54, 1.807) is 0 Å². The fraction of sp³-hybridized carbons (Fsp3) is 0.538. The first-order chi connectivity index (χ1) is 12.8. The van der Waals surface area contributed by atoms with Gasteiger partial charge in [-0.15, -0.1) is 4.91 Å². The molecule has 1 fully saturated rings. The number of ether oxygens (including phenoxy) is 1. The van der Waals surface area contributed by atoms with Crippen molar-refractivity contribution in [2.45, 2.75) is 24.5 Å². The van der Waals surface area contributed by atoms with Crippen molar-refractivity contribution in [1.82, 2.24) is 25.2 Å². The van der Waals surface area contributed by atoms with Crippen LogP contribution in [0.5, 0.6) is 0 Å². The third-order valence-corrected chi connectivity index (χ3v) is 3.74. The summed E-state index contributed by atoms with van der Waals surface area (Å²) in [5, 5.41) is 27.6. The highest BCUT2D eigenvalue weighted by atomic mass is 16.6. The Morgan fingerprint density at radius 3 is 2.59 bits per heavy atom. The second kappa shape index (κ2) is 8.52. The summed E-state index contributed by atoms with van der Waals surface area (Å²) in [5.41, 5.74) is -1.54. The predicted molar refractivity (Wildman–Crippen MR) is 87.2 cm³/mol. The summed E-state index contributed by atoms with van der Waals surface area (Å²) in [6, 6.07) is 0.245. The number of carbonyl (C=O) groups excluding carboxylic acids is 2. The number of hydrogen-bond donors (Lipinski definition) is 5. The third-order valence-electron chi connectivity index (χ3n) is 3.74. The number of aromatic nitrogens is 2. The van der Waals surface area contributed by atoms with Gasteiger partial charge in [0.1, 0.15) is 12.2 Å². The van der Waals surface area contributed by atoms with Crippen LogP contribution in [0.4, 0.5) is 4.79 Å². The molecule has 1 aliphatic rings.